The van der Waals surface area contributed by atoms with Gasteiger partial charge < -0.3 is 0 Å². The minimum Gasteiger partial charge on any atom is -0.273 e. The van der Waals surface area contributed by atoms with Crippen LogP contribution in [-0.4, -0.2) is 12.1 Å². The molecule has 1 aromatic heterocycles. The quantitative estimate of drug-likeness (QED) is 0.681. The van der Waals surface area contributed by atoms with Crippen molar-refractivity contribution in [1.82, 2.24) is 5.43 Å². The molecule has 104 valence electrons. The van der Waals surface area contributed by atoms with Gasteiger partial charge in [-0.25, -0.2) is 9.82 Å². The molecule has 0 bridgehead atoms. The van der Waals surface area contributed by atoms with E-state index in [4.69, 9.17) is 11.6 Å². The first-order chi connectivity index (χ1) is 9.56. The molecule has 1 heterocycles. The first-order valence-corrected chi connectivity index (χ1v) is 7.07. The maximum atomic E-state index is 13.5. The molecule has 3 nitrogen and oxygen atoms in total. The fraction of sp³-hybridized carbons (Fsp3) is 0.143. The summed E-state index contributed by atoms with van der Waals surface area (Å²) in [5.74, 6) is -0.910. The van der Waals surface area contributed by atoms with Crippen molar-refractivity contribution >= 4 is 35.1 Å². The summed E-state index contributed by atoms with van der Waals surface area (Å²) in [4.78, 5) is 13.8. The molecule has 1 N–H and O–H groups in total. The molecule has 0 aliphatic heterocycles. The first-order valence-electron chi connectivity index (χ1n) is 5.87. The van der Waals surface area contributed by atoms with E-state index in [9.17, 15) is 9.18 Å². The van der Waals surface area contributed by atoms with Gasteiger partial charge in [0.05, 0.1) is 12.6 Å². The van der Waals surface area contributed by atoms with Crippen LogP contribution in [0, 0.1) is 12.7 Å². The SMILES string of the molecule is Cc1ccc(/C=N\NC(=O)Cc2c(F)cccc2Cl)s1. The van der Waals surface area contributed by atoms with Gasteiger partial charge in [0.1, 0.15) is 5.82 Å². The molecule has 0 aliphatic rings. The van der Waals surface area contributed by atoms with Gasteiger partial charge in [-0.2, -0.15) is 5.10 Å². The monoisotopic (exact) mass is 310 g/mol. The number of benzene rings is 1. The summed E-state index contributed by atoms with van der Waals surface area (Å²) in [6, 6.07) is 8.18. The lowest BCUT2D eigenvalue weighted by molar-refractivity contribution is -0.120. The van der Waals surface area contributed by atoms with Crippen LogP contribution in [0.15, 0.2) is 35.4 Å². The van der Waals surface area contributed by atoms with Crippen LogP contribution in [0.3, 0.4) is 0 Å². The third kappa shape index (κ3) is 3.88. The molecule has 0 spiro atoms. The molecule has 20 heavy (non-hydrogen) atoms. The Bertz CT molecular complexity index is 634. The van der Waals surface area contributed by atoms with E-state index in [1.165, 1.54) is 12.1 Å². The van der Waals surface area contributed by atoms with Gasteiger partial charge >= 0.3 is 0 Å². The summed E-state index contributed by atoms with van der Waals surface area (Å²) >= 11 is 7.42. The van der Waals surface area contributed by atoms with Gasteiger partial charge in [-0.15, -0.1) is 11.3 Å². The van der Waals surface area contributed by atoms with Crippen LogP contribution in [0.1, 0.15) is 15.3 Å². The Hall–Kier alpha value is -1.72. The molecule has 0 atom stereocenters. The van der Waals surface area contributed by atoms with Crippen molar-refractivity contribution in [3.8, 4) is 0 Å². The number of amides is 1. The molecule has 1 amide bonds. The van der Waals surface area contributed by atoms with Crippen LogP contribution in [-0.2, 0) is 11.2 Å². The number of nitrogens with one attached hydrogen (secondary N) is 1. The molecule has 0 unspecified atom stereocenters. The van der Waals surface area contributed by atoms with Crippen molar-refractivity contribution in [2.24, 2.45) is 5.10 Å². The number of hydrogen-bond acceptors (Lipinski definition) is 3. The van der Waals surface area contributed by atoms with Crippen LogP contribution >= 0.6 is 22.9 Å². The smallest absolute Gasteiger partial charge is 0.244 e. The Balaban J connectivity index is 1.94. The standard InChI is InChI=1S/C14H12ClFN2OS/c1-9-5-6-10(20-9)8-17-18-14(19)7-11-12(15)3-2-4-13(11)16/h2-6,8H,7H2,1H3,(H,18,19)/b17-8-. The Morgan fingerprint density at radius 3 is 2.90 bits per heavy atom. The second-order valence-corrected chi connectivity index (χ2v) is 5.85. The highest BCUT2D eigenvalue weighted by Gasteiger charge is 2.11. The van der Waals surface area contributed by atoms with Crippen molar-refractivity contribution in [1.29, 1.82) is 0 Å². The lowest BCUT2D eigenvalue weighted by atomic mass is 10.1. The van der Waals surface area contributed by atoms with Gasteiger partial charge in [-0.3, -0.25) is 4.79 Å². The zero-order chi connectivity index (χ0) is 14.5. The molecule has 0 aliphatic carbocycles. The largest absolute Gasteiger partial charge is 0.273 e. The number of carbonyl (C=O) groups excluding carboxylic acids is 1. The lowest BCUT2D eigenvalue weighted by Crippen LogP contribution is -2.20. The van der Waals surface area contributed by atoms with E-state index in [1.54, 1.807) is 23.6 Å². The van der Waals surface area contributed by atoms with E-state index in [1.807, 2.05) is 19.1 Å². The van der Waals surface area contributed by atoms with E-state index in [-0.39, 0.29) is 17.0 Å². The number of hydrogen-bond donors (Lipinski definition) is 1. The van der Waals surface area contributed by atoms with E-state index in [0.29, 0.717) is 0 Å². The van der Waals surface area contributed by atoms with Crippen molar-refractivity contribution in [2.75, 3.05) is 0 Å². The van der Waals surface area contributed by atoms with E-state index < -0.39 is 11.7 Å². The third-order valence-corrected chi connectivity index (χ3v) is 3.83. The molecular weight excluding hydrogens is 299 g/mol. The van der Waals surface area contributed by atoms with Crippen LogP contribution in [0.25, 0.3) is 0 Å². The molecular formula is C14H12ClFN2OS. The average molecular weight is 311 g/mol. The summed E-state index contributed by atoms with van der Waals surface area (Å²) in [5, 5.41) is 4.06. The normalized spacial score (nSPS) is 10.9. The highest BCUT2D eigenvalue weighted by molar-refractivity contribution is 7.13. The predicted octanol–water partition coefficient (Wildman–Crippen LogP) is 3.54. The highest BCUT2D eigenvalue weighted by Crippen LogP contribution is 2.19. The van der Waals surface area contributed by atoms with Crippen molar-refractivity contribution in [3.63, 3.8) is 0 Å². The maximum absolute atomic E-state index is 13.5. The molecule has 0 saturated heterocycles. The number of carbonyl (C=O) groups is 1. The third-order valence-electron chi connectivity index (χ3n) is 2.54. The molecule has 0 radical (unpaired) electrons. The van der Waals surface area contributed by atoms with Gasteiger partial charge in [0, 0.05) is 20.3 Å². The Morgan fingerprint density at radius 2 is 2.25 bits per heavy atom. The minimum absolute atomic E-state index is 0.147. The molecule has 2 aromatic rings. The van der Waals surface area contributed by atoms with Gasteiger partial charge in [0.15, 0.2) is 0 Å². The van der Waals surface area contributed by atoms with E-state index in [2.05, 4.69) is 10.5 Å². The zero-order valence-electron chi connectivity index (χ0n) is 10.7. The summed E-state index contributed by atoms with van der Waals surface area (Å²) in [6.07, 6.45) is 1.41. The minimum atomic E-state index is -0.495. The van der Waals surface area contributed by atoms with Crippen LogP contribution in [0.2, 0.25) is 5.02 Å². The second-order valence-electron chi connectivity index (χ2n) is 4.12. The Morgan fingerprint density at radius 1 is 1.45 bits per heavy atom. The lowest BCUT2D eigenvalue weighted by Gasteiger charge is -2.04. The van der Waals surface area contributed by atoms with Crippen LogP contribution in [0.5, 0.6) is 0 Å². The number of nitrogens with zero attached hydrogens (tertiary/aromatic N) is 1. The Labute approximate surface area is 125 Å². The summed E-state index contributed by atoms with van der Waals surface area (Å²) in [7, 11) is 0. The summed E-state index contributed by atoms with van der Waals surface area (Å²) in [6.45, 7) is 1.99. The number of aryl methyl sites for hydroxylation is 1. The van der Waals surface area contributed by atoms with Crippen molar-refractivity contribution in [3.05, 3.63) is 56.5 Å². The van der Waals surface area contributed by atoms with Gasteiger partial charge in [0.2, 0.25) is 5.91 Å². The molecule has 6 heteroatoms. The number of hydrazone groups is 1. The van der Waals surface area contributed by atoms with Crippen molar-refractivity contribution in [2.45, 2.75) is 13.3 Å². The maximum Gasteiger partial charge on any atom is 0.244 e. The number of rotatable bonds is 4. The number of thiophene rings is 1. The summed E-state index contributed by atoms with van der Waals surface area (Å²) < 4.78 is 13.5. The van der Waals surface area contributed by atoms with Gasteiger partial charge in [-0.05, 0) is 31.2 Å². The average Bonchev–Trinajstić information content (AvgIpc) is 2.80. The molecule has 1 aromatic carbocycles. The van der Waals surface area contributed by atoms with E-state index >= 15 is 0 Å². The van der Waals surface area contributed by atoms with E-state index in [0.717, 1.165) is 9.75 Å². The fourth-order valence-electron chi connectivity index (χ4n) is 1.59. The predicted molar refractivity (Wildman–Crippen MR) is 79.9 cm³/mol. The second kappa shape index (κ2) is 6.63. The van der Waals surface area contributed by atoms with Gasteiger partial charge in [-0.1, -0.05) is 17.7 Å². The zero-order valence-corrected chi connectivity index (χ0v) is 12.3. The molecule has 2 rings (SSSR count). The fourth-order valence-corrected chi connectivity index (χ4v) is 2.57. The number of halogens is 2. The molecule has 0 fully saturated rings. The first kappa shape index (κ1) is 14.7. The summed E-state index contributed by atoms with van der Waals surface area (Å²) in [5.41, 5.74) is 2.53. The Kier molecular flexibility index (Phi) is 4.87. The van der Waals surface area contributed by atoms with Gasteiger partial charge in [0.25, 0.3) is 0 Å². The topological polar surface area (TPSA) is 41.5 Å². The molecule has 0 saturated carbocycles. The highest BCUT2D eigenvalue weighted by atomic mass is 35.5. The van der Waals surface area contributed by atoms with Crippen LogP contribution < -0.4 is 5.43 Å². The van der Waals surface area contributed by atoms with Crippen LogP contribution in [0.4, 0.5) is 4.39 Å². The van der Waals surface area contributed by atoms with Crippen molar-refractivity contribution < 1.29 is 9.18 Å².